The van der Waals surface area contributed by atoms with Crippen LogP contribution in [0.3, 0.4) is 0 Å². The van der Waals surface area contributed by atoms with Crippen molar-refractivity contribution in [2.45, 2.75) is 45.2 Å². The quantitative estimate of drug-likeness (QED) is 0.671. The van der Waals surface area contributed by atoms with E-state index < -0.39 is 17.5 Å². The molecule has 8 nitrogen and oxygen atoms in total. The number of benzene rings is 1. The lowest BCUT2D eigenvalue weighted by Gasteiger charge is -2.18. The van der Waals surface area contributed by atoms with E-state index in [1.165, 1.54) is 0 Å². The number of para-hydroxylation sites is 1. The first-order valence-electron chi connectivity index (χ1n) is 8.96. The van der Waals surface area contributed by atoms with Gasteiger partial charge in [0.05, 0.1) is 0 Å². The molecule has 1 atom stereocenters. The molecular formula is C19H20N4O4. The zero-order valence-electron chi connectivity index (χ0n) is 15.2. The van der Waals surface area contributed by atoms with Crippen molar-refractivity contribution in [2.75, 3.05) is 0 Å². The Bertz CT molecular complexity index is 975. The highest BCUT2D eigenvalue weighted by Gasteiger charge is 2.51. The largest absolute Gasteiger partial charge is 0.458 e. The first-order valence-corrected chi connectivity index (χ1v) is 8.96. The van der Waals surface area contributed by atoms with Crippen LogP contribution in [0.15, 0.2) is 39.3 Å². The van der Waals surface area contributed by atoms with Crippen molar-refractivity contribution in [1.82, 2.24) is 20.4 Å². The van der Waals surface area contributed by atoms with Crippen LogP contribution in [0.4, 0.5) is 4.79 Å². The van der Waals surface area contributed by atoms with Gasteiger partial charge in [0.2, 0.25) is 5.89 Å². The average molecular weight is 368 g/mol. The maximum absolute atomic E-state index is 13.0. The zero-order chi connectivity index (χ0) is 19.0. The van der Waals surface area contributed by atoms with Gasteiger partial charge in [-0.05, 0) is 25.5 Å². The predicted molar refractivity (Wildman–Crippen MR) is 95.6 cm³/mol. The fraction of sp³-hybridized carbons (Fsp3) is 0.368. The molecule has 2 aromatic heterocycles. The topological polar surface area (TPSA) is 101 Å². The third-order valence-electron chi connectivity index (χ3n) is 4.75. The zero-order valence-corrected chi connectivity index (χ0v) is 15.2. The van der Waals surface area contributed by atoms with E-state index in [1.807, 2.05) is 24.3 Å². The van der Waals surface area contributed by atoms with Crippen LogP contribution in [0.2, 0.25) is 0 Å². The third-order valence-corrected chi connectivity index (χ3v) is 4.75. The Labute approximate surface area is 155 Å². The molecule has 27 heavy (non-hydrogen) atoms. The molecule has 140 valence electrons. The van der Waals surface area contributed by atoms with E-state index in [2.05, 4.69) is 22.4 Å². The van der Waals surface area contributed by atoms with Crippen LogP contribution in [0, 0.1) is 0 Å². The molecule has 0 radical (unpaired) electrons. The van der Waals surface area contributed by atoms with Gasteiger partial charge < -0.3 is 14.3 Å². The molecule has 3 heterocycles. The summed E-state index contributed by atoms with van der Waals surface area (Å²) in [6.45, 7) is 3.64. The molecule has 3 aromatic rings. The minimum absolute atomic E-state index is 0.0698. The van der Waals surface area contributed by atoms with E-state index in [-0.39, 0.29) is 12.4 Å². The molecule has 0 saturated carbocycles. The lowest BCUT2D eigenvalue weighted by molar-refractivity contribution is -0.132. The first-order chi connectivity index (χ1) is 13.0. The molecule has 0 unspecified atom stereocenters. The Morgan fingerprint density at radius 3 is 2.85 bits per heavy atom. The highest BCUT2D eigenvalue weighted by atomic mass is 16.5. The molecule has 8 heteroatoms. The van der Waals surface area contributed by atoms with Crippen molar-refractivity contribution < 1.29 is 18.5 Å². The van der Waals surface area contributed by atoms with Crippen molar-refractivity contribution in [3.63, 3.8) is 0 Å². The fourth-order valence-corrected chi connectivity index (χ4v) is 3.16. The summed E-state index contributed by atoms with van der Waals surface area (Å²) < 4.78 is 11.0. The molecule has 1 N–H and O–H groups in total. The Morgan fingerprint density at radius 1 is 1.26 bits per heavy atom. The van der Waals surface area contributed by atoms with E-state index in [9.17, 15) is 9.59 Å². The molecule has 0 aliphatic carbocycles. The molecule has 0 bridgehead atoms. The Morgan fingerprint density at radius 2 is 2.07 bits per heavy atom. The monoisotopic (exact) mass is 368 g/mol. The smallest absolute Gasteiger partial charge is 0.325 e. The summed E-state index contributed by atoms with van der Waals surface area (Å²) in [5.74, 6) is 0.788. The van der Waals surface area contributed by atoms with E-state index in [0.717, 1.165) is 23.1 Å². The standard InChI is InChI=1S/C19H20N4O4/c1-3-4-9-15-20-16(27-22-15)11-23-17(24)19(2,21-18(23)25)14-10-12-7-5-6-8-13(12)26-14/h5-8,10H,3-4,9,11H2,1-2H3,(H,21,25)/t19-/m1/s1. The van der Waals surface area contributed by atoms with Gasteiger partial charge in [-0.1, -0.05) is 36.7 Å². The third kappa shape index (κ3) is 2.97. The second-order valence-corrected chi connectivity index (χ2v) is 6.80. The highest BCUT2D eigenvalue weighted by molar-refractivity contribution is 6.07. The van der Waals surface area contributed by atoms with Crippen LogP contribution in [-0.4, -0.2) is 27.0 Å². The first kappa shape index (κ1) is 17.3. The maximum atomic E-state index is 13.0. The molecule has 1 saturated heterocycles. The highest BCUT2D eigenvalue weighted by Crippen LogP contribution is 2.33. The lowest BCUT2D eigenvalue weighted by Crippen LogP contribution is -2.40. The number of aryl methyl sites for hydroxylation is 1. The van der Waals surface area contributed by atoms with Crippen LogP contribution in [-0.2, 0) is 23.3 Å². The van der Waals surface area contributed by atoms with Crippen molar-refractivity contribution in [1.29, 1.82) is 0 Å². The molecule has 1 aromatic carbocycles. The van der Waals surface area contributed by atoms with Crippen molar-refractivity contribution in [3.8, 4) is 0 Å². The van der Waals surface area contributed by atoms with Crippen molar-refractivity contribution in [2.24, 2.45) is 0 Å². The Kier molecular flexibility index (Phi) is 4.18. The number of aromatic nitrogens is 2. The van der Waals surface area contributed by atoms with Gasteiger partial charge in [0, 0.05) is 11.8 Å². The summed E-state index contributed by atoms with van der Waals surface area (Å²) in [4.78, 5) is 30.8. The number of carbonyl (C=O) groups excluding carboxylic acids is 2. The molecule has 0 spiro atoms. The van der Waals surface area contributed by atoms with Crippen LogP contribution in [0.5, 0.6) is 0 Å². The number of furan rings is 1. The van der Waals surface area contributed by atoms with Crippen LogP contribution < -0.4 is 5.32 Å². The van der Waals surface area contributed by atoms with Crippen molar-refractivity contribution in [3.05, 3.63) is 47.8 Å². The summed E-state index contributed by atoms with van der Waals surface area (Å²) >= 11 is 0. The van der Waals surface area contributed by atoms with Gasteiger partial charge in [-0.15, -0.1) is 0 Å². The molecule has 1 aliphatic heterocycles. The van der Waals surface area contributed by atoms with E-state index in [0.29, 0.717) is 23.6 Å². The average Bonchev–Trinajstić information content (AvgIpc) is 3.34. The van der Waals surface area contributed by atoms with E-state index in [4.69, 9.17) is 8.94 Å². The fourth-order valence-electron chi connectivity index (χ4n) is 3.16. The number of nitrogens with zero attached hydrogens (tertiary/aromatic N) is 3. The minimum atomic E-state index is -1.28. The van der Waals surface area contributed by atoms with Gasteiger partial charge in [0.25, 0.3) is 5.91 Å². The van der Waals surface area contributed by atoms with Gasteiger partial charge in [-0.2, -0.15) is 4.98 Å². The summed E-state index contributed by atoms with van der Waals surface area (Å²) in [6.07, 6.45) is 2.68. The van der Waals surface area contributed by atoms with Gasteiger partial charge in [0.15, 0.2) is 11.4 Å². The number of unbranched alkanes of at least 4 members (excludes halogenated alkanes) is 1. The second kappa shape index (κ2) is 6.53. The Balaban J connectivity index is 1.56. The number of hydrogen-bond acceptors (Lipinski definition) is 6. The summed E-state index contributed by atoms with van der Waals surface area (Å²) in [5.41, 5.74) is -0.618. The SMILES string of the molecule is CCCCc1noc(CN2C(=O)N[C@](C)(c3cc4ccccc4o3)C2=O)n1. The number of fused-ring (bicyclic) bond motifs is 1. The minimum Gasteiger partial charge on any atom is -0.458 e. The van der Waals surface area contributed by atoms with Crippen LogP contribution >= 0.6 is 0 Å². The van der Waals surface area contributed by atoms with Gasteiger partial charge >= 0.3 is 6.03 Å². The number of imide groups is 1. The Hall–Kier alpha value is -3.16. The normalized spacial score (nSPS) is 19.9. The number of rotatable bonds is 6. The van der Waals surface area contributed by atoms with Crippen LogP contribution in [0.25, 0.3) is 11.0 Å². The summed E-state index contributed by atoms with van der Waals surface area (Å²) in [6, 6.07) is 8.70. The molecule has 4 rings (SSSR count). The number of carbonyl (C=O) groups is 2. The van der Waals surface area contributed by atoms with Gasteiger partial charge in [0.1, 0.15) is 17.9 Å². The second-order valence-electron chi connectivity index (χ2n) is 6.80. The van der Waals surface area contributed by atoms with E-state index >= 15 is 0 Å². The summed E-state index contributed by atoms with van der Waals surface area (Å²) in [5, 5.41) is 7.48. The van der Waals surface area contributed by atoms with E-state index in [1.54, 1.807) is 13.0 Å². The molecule has 1 aliphatic rings. The molecule has 3 amide bonds. The van der Waals surface area contributed by atoms with Crippen LogP contribution in [0.1, 0.15) is 44.2 Å². The number of nitrogens with one attached hydrogen (secondary N) is 1. The number of urea groups is 1. The maximum Gasteiger partial charge on any atom is 0.325 e. The number of hydrogen-bond donors (Lipinski definition) is 1. The summed E-state index contributed by atoms with van der Waals surface area (Å²) in [7, 11) is 0. The molecule has 1 fully saturated rings. The predicted octanol–water partition coefficient (Wildman–Crippen LogP) is 3.13. The van der Waals surface area contributed by atoms with Gasteiger partial charge in [-0.3, -0.25) is 9.69 Å². The molecular weight excluding hydrogens is 348 g/mol. The number of amides is 3. The van der Waals surface area contributed by atoms with Crippen molar-refractivity contribution >= 4 is 22.9 Å². The lowest BCUT2D eigenvalue weighted by atomic mass is 9.99. The van der Waals surface area contributed by atoms with Gasteiger partial charge in [-0.25, -0.2) is 4.79 Å².